The van der Waals surface area contributed by atoms with Gasteiger partial charge >= 0.3 is 0 Å². The summed E-state index contributed by atoms with van der Waals surface area (Å²) in [5, 5.41) is 0.949. The van der Waals surface area contributed by atoms with E-state index in [1.807, 2.05) is 19.1 Å². The Hall–Kier alpha value is -2.31. The minimum Gasteiger partial charge on any atom is -0.240 e. The van der Waals surface area contributed by atoms with Gasteiger partial charge in [-0.05, 0) is 48.9 Å². The summed E-state index contributed by atoms with van der Waals surface area (Å²) in [7, 11) is -3.24. The molecule has 0 bridgehead atoms. The third kappa shape index (κ3) is 4.08. The number of halogens is 1. The molecule has 0 aliphatic heterocycles. The molecule has 0 radical (unpaired) electrons. The molecule has 0 aliphatic carbocycles. The zero-order chi connectivity index (χ0) is 18.7. The van der Waals surface area contributed by atoms with E-state index in [1.54, 1.807) is 47.7 Å². The zero-order valence-electron chi connectivity index (χ0n) is 14.4. The Balaban J connectivity index is 2.09. The number of sulfone groups is 1. The van der Waals surface area contributed by atoms with Crippen molar-refractivity contribution >= 4 is 21.2 Å². The fourth-order valence-electron chi connectivity index (χ4n) is 2.52. The van der Waals surface area contributed by atoms with Crippen molar-refractivity contribution in [1.29, 1.82) is 0 Å². The number of nitrogens with zero attached hydrogens (tertiary/aromatic N) is 1. The number of benzene rings is 2. The highest BCUT2D eigenvalue weighted by molar-refractivity contribution is 7.90. The van der Waals surface area contributed by atoms with Crippen LogP contribution in [-0.4, -0.2) is 19.7 Å². The van der Waals surface area contributed by atoms with Crippen molar-refractivity contribution in [2.75, 3.05) is 6.26 Å². The normalized spacial score (nSPS) is 12.0. The monoisotopic (exact) mass is 387 g/mol. The van der Waals surface area contributed by atoms with Gasteiger partial charge in [0.05, 0.1) is 20.5 Å². The lowest BCUT2D eigenvalue weighted by Crippen LogP contribution is -1.96. The summed E-state index contributed by atoms with van der Waals surface area (Å²) >= 11 is 1.56. The molecule has 0 N–H and O–H groups in total. The molecule has 2 aromatic carbocycles. The molecule has 1 heterocycles. The molecule has 26 heavy (non-hydrogen) atoms. The second-order valence-electron chi connectivity index (χ2n) is 5.86. The number of hydrogen-bond donors (Lipinski definition) is 0. The summed E-state index contributed by atoms with van der Waals surface area (Å²) in [6, 6.07) is 13.0. The largest absolute Gasteiger partial charge is 0.240 e. The predicted octanol–water partition coefficient (Wildman–Crippen LogP) is 5.14. The van der Waals surface area contributed by atoms with Crippen LogP contribution in [0.4, 0.5) is 4.39 Å². The summed E-state index contributed by atoms with van der Waals surface area (Å²) in [5.41, 5.74) is 2.50. The molecule has 0 fully saturated rings. The van der Waals surface area contributed by atoms with E-state index in [-0.39, 0.29) is 10.7 Å². The topological polar surface area (TPSA) is 47.0 Å². The van der Waals surface area contributed by atoms with Gasteiger partial charge in [0.1, 0.15) is 5.82 Å². The molecule has 0 amide bonds. The fraction of sp³-hybridized carbons (Fsp3) is 0.150. The molecule has 3 rings (SSSR count). The first-order chi connectivity index (χ1) is 12.4. The van der Waals surface area contributed by atoms with Gasteiger partial charge in [-0.1, -0.05) is 24.3 Å². The molecule has 3 aromatic rings. The van der Waals surface area contributed by atoms with Gasteiger partial charge in [-0.3, -0.25) is 0 Å². The Bertz CT molecular complexity index is 1030. The summed E-state index contributed by atoms with van der Waals surface area (Å²) in [6.07, 6.45) is 5.91. The van der Waals surface area contributed by atoms with Crippen LogP contribution < -0.4 is 0 Å². The first-order valence-corrected chi connectivity index (χ1v) is 10.8. The Morgan fingerprint density at radius 1 is 1.04 bits per heavy atom. The number of allylic oxidation sites excluding steroid dienone is 2. The van der Waals surface area contributed by atoms with Crippen molar-refractivity contribution in [3.63, 3.8) is 0 Å². The average Bonchev–Trinajstić information content (AvgIpc) is 3.04. The van der Waals surface area contributed by atoms with Crippen LogP contribution in [0.15, 0.2) is 65.6 Å². The van der Waals surface area contributed by atoms with E-state index in [0.29, 0.717) is 0 Å². The number of rotatable bonds is 5. The molecule has 1 aromatic heterocycles. The summed E-state index contributed by atoms with van der Waals surface area (Å²) < 4.78 is 36.6. The van der Waals surface area contributed by atoms with Crippen LogP contribution in [0.1, 0.15) is 11.9 Å². The maximum absolute atomic E-state index is 13.3. The standard InChI is InChI=1S/C20H18FNO2S2/c1-3-4-5-18-22-19(14-6-10-16(21)11-7-14)20(25-18)15-8-12-17(13-9-15)26(2,23)24/h3-4,6-13H,5H2,1-2H3/b4-3-. The highest BCUT2D eigenvalue weighted by Crippen LogP contribution is 2.37. The van der Waals surface area contributed by atoms with Crippen molar-refractivity contribution < 1.29 is 12.8 Å². The van der Waals surface area contributed by atoms with Crippen molar-refractivity contribution in [3.8, 4) is 21.7 Å². The first-order valence-electron chi connectivity index (χ1n) is 8.06. The van der Waals surface area contributed by atoms with Gasteiger partial charge in [0, 0.05) is 18.2 Å². The molecule has 0 atom stereocenters. The highest BCUT2D eigenvalue weighted by atomic mass is 32.2. The maximum atomic E-state index is 13.3. The fourth-order valence-corrected chi connectivity index (χ4v) is 4.22. The minimum atomic E-state index is -3.24. The Kier molecular flexibility index (Phi) is 5.34. The average molecular weight is 388 g/mol. The third-order valence-electron chi connectivity index (χ3n) is 3.86. The second kappa shape index (κ2) is 7.51. The van der Waals surface area contributed by atoms with Crippen molar-refractivity contribution in [2.24, 2.45) is 0 Å². The molecule has 0 aliphatic rings. The van der Waals surface area contributed by atoms with Gasteiger partial charge in [-0.2, -0.15) is 0 Å². The van der Waals surface area contributed by atoms with E-state index in [0.717, 1.165) is 33.1 Å². The quantitative estimate of drug-likeness (QED) is 0.570. The summed E-state index contributed by atoms with van der Waals surface area (Å²) in [4.78, 5) is 5.94. The summed E-state index contributed by atoms with van der Waals surface area (Å²) in [5.74, 6) is -0.294. The van der Waals surface area contributed by atoms with Gasteiger partial charge in [0.15, 0.2) is 9.84 Å². The van der Waals surface area contributed by atoms with Crippen LogP contribution in [0.2, 0.25) is 0 Å². The van der Waals surface area contributed by atoms with E-state index in [9.17, 15) is 12.8 Å². The number of hydrogen-bond acceptors (Lipinski definition) is 4. The van der Waals surface area contributed by atoms with Crippen LogP contribution in [0.3, 0.4) is 0 Å². The lowest BCUT2D eigenvalue weighted by Gasteiger charge is -2.04. The van der Waals surface area contributed by atoms with E-state index >= 15 is 0 Å². The second-order valence-corrected chi connectivity index (χ2v) is 8.96. The van der Waals surface area contributed by atoms with Crippen LogP contribution in [-0.2, 0) is 16.3 Å². The lowest BCUT2D eigenvalue weighted by atomic mass is 10.1. The molecule has 0 saturated carbocycles. The molecule has 0 unspecified atom stereocenters. The van der Waals surface area contributed by atoms with Gasteiger partial charge in [0.25, 0.3) is 0 Å². The van der Waals surface area contributed by atoms with Gasteiger partial charge in [-0.15, -0.1) is 11.3 Å². The highest BCUT2D eigenvalue weighted by Gasteiger charge is 2.16. The van der Waals surface area contributed by atoms with Crippen LogP contribution >= 0.6 is 11.3 Å². The zero-order valence-corrected chi connectivity index (χ0v) is 16.1. The molecular weight excluding hydrogens is 369 g/mol. The Morgan fingerprint density at radius 2 is 1.65 bits per heavy atom. The first kappa shape index (κ1) is 18.5. The molecule has 3 nitrogen and oxygen atoms in total. The minimum absolute atomic E-state index is 0.281. The SMILES string of the molecule is C/C=C\Cc1nc(-c2ccc(F)cc2)c(-c2ccc(S(C)(=O)=O)cc2)s1. The number of aromatic nitrogens is 1. The van der Waals surface area contributed by atoms with Crippen LogP contribution in [0, 0.1) is 5.82 Å². The van der Waals surface area contributed by atoms with Gasteiger partial charge in [0.2, 0.25) is 0 Å². The number of thiazole rings is 1. The molecule has 0 saturated heterocycles. The Morgan fingerprint density at radius 3 is 2.23 bits per heavy atom. The van der Waals surface area contributed by atoms with Crippen molar-refractivity contribution in [1.82, 2.24) is 4.98 Å². The molecule has 0 spiro atoms. The summed E-state index contributed by atoms with van der Waals surface area (Å²) in [6.45, 7) is 1.96. The molecule has 6 heteroatoms. The van der Waals surface area contributed by atoms with Gasteiger partial charge < -0.3 is 0 Å². The van der Waals surface area contributed by atoms with E-state index in [1.165, 1.54) is 18.4 Å². The van der Waals surface area contributed by atoms with E-state index < -0.39 is 9.84 Å². The predicted molar refractivity (Wildman–Crippen MR) is 105 cm³/mol. The molecular formula is C20H18FNO2S2. The molecule has 134 valence electrons. The lowest BCUT2D eigenvalue weighted by molar-refractivity contribution is 0.602. The van der Waals surface area contributed by atoms with Crippen molar-refractivity contribution in [2.45, 2.75) is 18.2 Å². The van der Waals surface area contributed by atoms with Crippen LogP contribution in [0.5, 0.6) is 0 Å². The van der Waals surface area contributed by atoms with Gasteiger partial charge in [-0.25, -0.2) is 17.8 Å². The van der Waals surface area contributed by atoms with Crippen LogP contribution in [0.25, 0.3) is 21.7 Å². The Labute approximate surface area is 156 Å². The third-order valence-corrected chi connectivity index (χ3v) is 6.12. The smallest absolute Gasteiger partial charge is 0.175 e. The maximum Gasteiger partial charge on any atom is 0.175 e. The van der Waals surface area contributed by atoms with Crippen molar-refractivity contribution in [3.05, 3.63) is 71.5 Å². The van der Waals surface area contributed by atoms with E-state index in [2.05, 4.69) is 0 Å². The van der Waals surface area contributed by atoms with E-state index in [4.69, 9.17) is 4.98 Å².